The third-order valence-corrected chi connectivity index (χ3v) is 2.89. The quantitative estimate of drug-likeness (QED) is 0.664. The molecule has 0 fully saturated rings. The molecule has 0 radical (unpaired) electrons. The van der Waals surface area contributed by atoms with Crippen LogP contribution in [0.3, 0.4) is 0 Å². The first-order valence-electron chi connectivity index (χ1n) is 6.27. The third kappa shape index (κ3) is 3.45. The average molecular weight is 268 g/mol. The molecule has 0 unspecified atom stereocenters. The fourth-order valence-electron chi connectivity index (χ4n) is 1.75. The Morgan fingerprint density at radius 3 is 2.45 bits per heavy atom. The molecule has 0 heterocycles. The SMILES string of the molecule is C/C(=N\NC(=O)c1cccc(C)c1)c1ccc(O)cc1. The summed E-state index contributed by atoms with van der Waals surface area (Å²) < 4.78 is 0. The summed E-state index contributed by atoms with van der Waals surface area (Å²) in [5.74, 6) is -0.0443. The molecule has 0 aliphatic heterocycles. The minimum Gasteiger partial charge on any atom is -0.508 e. The van der Waals surface area contributed by atoms with Crippen molar-refractivity contribution in [1.82, 2.24) is 5.43 Å². The van der Waals surface area contributed by atoms with Gasteiger partial charge in [-0.2, -0.15) is 5.10 Å². The van der Waals surface area contributed by atoms with Crippen molar-refractivity contribution < 1.29 is 9.90 Å². The van der Waals surface area contributed by atoms with Gasteiger partial charge in [0.25, 0.3) is 5.91 Å². The second-order valence-electron chi connectivity index (χ2n) is 4.55. The number of phenols is 1. The molecule has 0 spiro atoms. The van der Waals surface area contributed by atoms with Crippen LogP contribution in [0.1, 0.15) is 28.4 Å². The van der Waals surface area contributed by atoms with E-state index < -0.39 is 0 Å². The summed E-state index contributed by atoms with van der Waals surface area (Å²) >= 11 is 0. The molecule has 0 aliphatic carbocycles. The molecule has 4 heteroatoms. The van der Waals surface area contributed by atoms with E-state index >= 15 is 0 Å². The fraction of sp³-hybridized carbons (Fsp3) is 0.125. The van der Waals surface area contributed by atoms with E-state index in [-0.39, 0.29) is 11.7 Å². The number of carbonyl (C=O) groups excluding carboxylic acids is 1. The van der Waals surface area contributed by atoms with Crippen LogP contribution in [-0.4, -0.2) is 16.7 Å². The van der Waals surface area contributed by atoms with Crippen molar-refractivity contribution in [3.05, 3.63) is 65.2 Å². The van der Waals surface area contributed by atoms with E-state index in [1.807, 2.05) is 19.1 Å². The number of hydrazone groups is 1. The number of aryl methyl sites for hydroxylation is 1. The molecule has 1 amide bonds. The summed E-state index contributed by atoms with van der Waals surface area (Å²) in [7, 11) is 0. The van der Waals surface area contributed by atoms with Gasteiger partial charge in [0.05, 0.1) is 5.71 Å². The van der Waals surface area contributed by atoms with Gasteiger partial charge in [0.15, 0.2) is 0 Å². The minimum atomic E-state index is -0.244. The van der Waals surface area contributed by atoms with Crippen LogP contribution in [0, 0.1) is 6.92 Å². The second-order valence-corrected chi connectivity index (χ2v) is 4.55. The van der Waals surface area contributed by atoms with Gasteiger partial charge in [-0.05, 0) is 55.8 Å². The Bertz CT molecular complexity index is 646. The van der Waals surface area contributed by atoms with Crippen LogP contribution >= 0.6 is 0 Å². The van der Waals surface area contributed by atoms with Gasteiger partial charge in [0.2, 0.25) is 0 Å². The molecule has 20 heavy (non-hydrogen) atoms. The van der Waals surface area contributed by atoms with Crippen molar-refractivity contribution in [2.24, 2.45) is 5.10 Å². The Balaban J connectivity index is 2.08. The van der Waals surface area contributed by atoms with E-state index in [4.69, 9.17) is 0 Å². The maximum absolute atomic E-state index is 11.9. The van der Waals surface area contributed by atoms with E-state index in [1.165, 1.54) is 0 Å². The van der Waals surface area contributed by atoms with Crippen LogP contribution in [0.2, 0.25) is 0 Å². The zero-order chi connectivity index (χ0) is 14.5. The number of amides is 1. The summed E-state index contributed by atoms with van der Waals surface area (Å²) in [5.41, 5.74) is 5.64. The van der Waals surface area contributed by atoms with Crippen molar-refractivity contribution in [3.63, 3.8) is 0 Å². The van der Waals surface area contributed by atoms with E-state index in [0.29, 0.717) is 11.3 Å². The molecule has 0 atom stereocenters. The highest BCUT2D eigenvalue weighted by molar-refractivity contribution is 6.00. The lowest BCUT2D eigenvalue weighted by molar-refractivity contribution is 0.0954. The Morgan fingerprint density at radius 2 is 1.80 bits per heavy atom. The first-order chi connectivity index (χ1) is 9.56. The lowest BCUT2D eigenvalue weighted by Gasteiger charge is -2.04. The van der Waals surface area contributed by atoms with Gasteiger partial charge in [0, 0.05) is 5.56 Å². The number of nitrogens with one attached hydrogen (secondary N) is 1. The summed E-state index contributed by atoms with van der Waals surface area (Å²) in [5, 5.41) is 13.3. The van der Waals surface area contributed by atoms with Crippen LogP contribution < -0.4 is 5.43 Å². The van der Waals surface area contributed by atoms with Crippen molar-refractivity contribution in [2.45, 2.75) is 13.8 Å². The molecule has 2 aromatic rings. The van der Waals surface area contributed by atoms with Crippen LogP contribution in [0.25, 0.3) is 0 Å². The number of nitrogens with zero attached hydrogens (tertiary/aromatic N) is 1. The average Bonchev–Trinajstić information content (AvgIpc) is 2.45. The van der Waals surface area contributed by atoms with Gasteiger partial charge in [-0.1, -0.05) is 17.7 Å². The van der Waals surface area contributed by atoms with Crippen LogP contribution in [0.5, 0.6) is 5.75 Å². The van der Waals surface area contributed by atoms with Crippen LogP contribution in [-0.2, 0) is 0 Å². The van der Waals surface area contributed by atoms with Crippen molar-refractivity contribution in [3.8, 4) is 5.75 Å². The van der Waals surface area contributed by atoms with Crippen molar-refractivity contribution in [1.29, 1.82) is 0 Å². The highest BCUT2D eigenvalue weighted by Gasteiger charge is 2.04. The predicted octanol–water partition coefficient (Wildman–Crippen LogP) is 2.85. The van der Waals surface area contributed by atoms with Crippen molar-refractivity contribution in [2.75, 3.05) is 0 Å². The number of phenolic OH excluding ortho intramolecular Hbond substituents is 1. The van der Waals surface area contributed by atoms with Crippen LogP contribution in [0.15, 0.2) is 53.6 Å². The van der Waals surface area contributed by atoms with Gasteiger partial charge in [0.1, 0.15) is 5.75 Å². The molecule has 2 aromatic carbocycles. The maximum atomic E-state index is 11.9. The summed E-state index contributed by atoms with van der Waals surface area (Å²) in [6, 6.07) is 14.0. The van der Waals surface area contributed by atoms with E-state index in [1.54, 1.807) is 43.3 Å². The van der Waals surface area contributed by atoms with Gasteiger partial charge in [-0.15, -0.1) is 0 Å². The summed E-state index contributed by atoms with van der Waals surface area (Å²) in [6.45, 7) is 3.73. The smallest absolute Gasteiger partial charge is 0.271 e. The number of aromatic hydroxyl groups is 1. The predicted molar refractivity (Wildman–Crippen MR) is 79.0 cm³/mol. The molecule has 0 bridgehead atoms. The van der Waals surface area contributed by atoms with Gasteiger partial charge >= 0.3 is 0 Å². The molecule has 4 nitrogen and oxygen atoms in total. The molecule has 0 aliphatic rings. The Labute approximate surface area is 117 Å². The van der Waals surface area contributed by atoms with Crippen molar-refractivity contribution >= 4 is 11.6 Å². The molecule has 2 N–H and O–H groups in total. The Kier molecular flexibility index (Phi) is 4.15. The number of hydrogen-bond acceptors (Lipinski definition) is 3. The van der Waals surface area contributed by atoms with E-state index in [2.05, 4.69) is 10.5 Å². The summed E-state index contributed by atoms with van der Waals surface area (Å²) in [6.07, 6.45) is 0. The van der Waals surface area contributed by atoms with Gasteiger partial charge < -0.3 is 5.11 Å². The highest BCUT2D eigenvalue weighted by atomic mass is 16.3. The lowest BCUT2D eigenvalue weighted by Crippen LogP contribution is -2.19. The highest BCUT2D eigenvalue weighted by Crippen LogP contribution is 2.10. The van der Waals surface area contributed by atoms with Crippen LogP contribution in [0.4, 0.5) is 0 Å². The number of benzene rings is 2. The second kappa shape index (κ2) is 6.02. The topological polar surface area (TPSA) is 61.7 Å². The van der Waals surface area contributed by atoms with Gasteiger partial charge in [-0.3, -0.25) is 4.79 Å². The largest absolute Gasteiger partial charge is 0.508 e. The Morgan fingerprint density at radius 1 is 1.10 bits per heavy atom. The zero-order valence-corrected chi connectivity index (χ0v) is 11.4. The standard InChI is InChI=1S/C16H16N2O2/c1-11-4-3-5-14(10-11)16(20)18-17-12(2)13-6-8-15(19)9-7-13/h3-10,19H,1-2H3,(H,18,20)/b17-12+. The molecule has 0 aromatic heterocycles. The summed E-state index contributed by atoms with van der Waals surface area (Å²) in [4.78, 5) is 11.9. The van der Waals surface area contributed by atoms with E-state index in [0.717, 1.165) is 11.1 Å². The minimum absolute atomic E-state index is 0.199. The Hall–Kier alpha value is -2.62. The number of carbonyl (C=O) groups is 1. The lowest BCUT2D eigenvalue weighted by atomic mass is 10.1. The number of hydrogen-bond donors (Lipinski definition) is 2. The fourth-order valence-corrected chi connectivity index (χ4v) is 1.75. The first kappa shape index (κ1) is 13.8. The number of rotatable bonds is 3. The molecular weight excluding hydrogens is 252 g/mol. The molecule has 0 saturated heterocycles. The maximum Gasteiger partial charge on any atom is 0.271 e. The monoisotopic (exact) mass is 268 g/mol. The molecule has 0 saturated carbocycles. The zero-order valence-electron chi connectivity index (χ0n) is 11.4. The molecule has 102 valence electrons. The third-order valence-electron chi connectivity index (χ3n) is 2.89. The van der Waals surface area contributed by atoms with Gasteiger partial charge in [-0.25, -0.2) is 5.43 Å². The first-order valence-corrected chi connectivity index (χ1v) is 6.27. The molecular formula is C16H16N2O2. The normalized spacial score (nSPS) is 11.2. The van der Waals surface area contributed by atoms with E-state index in [9.17, 15) is 9.90 Å². The molecule has 2 rings (SSSR count).